The van der Waals surface area contributed by atoms with Crippen LogP contribution in [0.5, 0.6) is 0 Å². The van der Waals surface area contributed by atoms with Crippen molar-refractivity contribution in [3.05, 3.63) is 34.6 Å². The molecule has 2 rings (SSSR count). The van der Waals surface area contributed by atoms with Gasteiger partial charge >= 0.3 is 0 Å². The summed E-state index contributed by atoms with van der Waals surface area (Å²) in [4.78, 5) is 11.9. The molecule has 1 fully saturated rings. The molecule has 0 spiro atoms. The van der Waals surface area contributed by atoms with Crippen molar-refractivity contribution in [2.45, 2.75) is 32.7 Å². The predicted octanol–water partition coefficient (Wildman–Crippen LogP) is 3.05. The number of nitrogens with two attached hydrogens (primary N) is 1. The van der Waals surface area contributed by atoms with E-state index in [-0.39, 0.29) is 23.7 Å². The standard InChI is InChI=1S/C17H24ClFN2O2/c1-11(2)15(13-4-3-12(18)9-14(13)19)21-10-17(16(20)22)5-7-23-8-6-17/h3-4,9,11,15,21H,5-8,10H2,1-2H3,(H2,20,22)/t15-/m1/s1. The summed E-state index contributed by atoms with van der Waals surface area (Å²) < 4.78 is 19.6. The van der Waals surface area contributed by atoms with Crippen molar-refractivity contribution in [1.82, 2.24) is 5.32 Å². The smallest absolute Gasteiger partial charge is 0.225 e. The third kappa shape index (κ3) is 4.22. The third-order valence-corrected chi connectivity index (χ3v) is 4.83. The van der Waals surface area contributed by atoms with Crippen LogP contribution in [0, 0.1) is 17.2 Å². The summed E-state index contributed by atoms with van der Waals surface area (Å²) in [5, 5.41) is 3.72. The molecule has 1 amide bonds. The molecule has 0 bridgehead atoms. The van der Waals surface area contributed by atoms with Crippen molar-refractivity contribution in [3.8, 4) is 0 Å². The SMILES string of the molecule is CC(C)[C@@H](NCC1(C(N)=O)CCOCC1)c1ccc(Cl)cc1F. The molecule has 0 unspecified atom stereocenters. The molecule has 1 aliphatic heterocycles. The van der Waals surface area contributed by atoms with E-state index in [4.69, 9.17) is 22.1 Å². The molecule has 1 aromatic rings. The fourth-order valence-corrected chi connectivity index (χ4v) is 3.20. The second-order valence-electron chi connectivity index (χ2n) is 6.53. The quantitative estimate of drug-likeness (QED) is 0.835. The molecule has 0 saturated carbocycles. The Morgan fingerprint density at radius 2 is 2.09 bits per heavy atom. The van der Waals surface area contributed by atoms with Crippen LogP contribution in [0.1, 0.15) is 38.3 Å². The molecular formula is C17H24ClFN2O2. The molecule has 23 heavy (non-hydrogen) atoms. The maximum Gasteiger partial charge on any atom is 0.225 e. The van der Waals surface area contributed by atoms with Gasteiger partial charge < -0.3 is 15.8 Å². The Morgan fingerprint density at radius 3 is 2.61 bits per heavy atom. The summed E-state index contributed by atoms with van der Waals surface area (Å²) in [5.74, 6) is -0.522. The lowest BCUT2D eigenvalue weighted by Crippen LogP contribution is -2.49. The van der Waals surface area contributed by atoms with Crippen LogP contribution in [0.3, 0.4) is 0 Å². The number of nitrogens with one attached hydrogen (secondary N) is 1. The minimum Gasteiger partial charge on any atom is -0.381 e. The van der Waals surface area contributed by atoms with E-state index in [1.807, 2.05) is 13.8 Å². The number of benzene rings is 1. The predicted molar refractivity (Wildman–Crippen MR) is 88.7 cm³/mol. The first-order valence-electron chi connectivity index (χ1n) is 7.92. The molecule has 1 atom stereocenters. The number of primary amides is 1. The number of hydrogen-bond donors (Lipinski definition) is 2. The fourth-order valence-electron chi connectivity index (χ4n) is 3.04. The highest BCUT2D eigenvalue weighted by atomic mass is 35.5. The fraction of sp³-hybridized carbons (Fsp3) is 0.588. The number of carbonyl (C=O) groups excluding carboxylic acids is 1. The van der Waals surface area contributed by atoms with E-state index in [0.717, 1.165) is 0 Å². The van der Waals surface area contributed by atoms with Gasteiger partial charge in [-0.2, -0.15) is 0 Å². The molecule has 128 valence electrons. The Labute approximate surface area is 141 Å². The molecule has 1 aromatic carbocycles. The highest BCUT2D eigenvalue weighted by molar-refractivity contribution is 6.30. The van der Waals surface area contributed by atoms with Crippen molar-refractivity contribution in [1.29, 1.82) is 0 Å². The molecule has 3 N–H and O–H groups in total. The molecule has 0 radical (unpaired) electrons. The zero-order valence-electron chi connectivity index (χ0n) is 13.6. The van der Waals surface area contributed by atoms with Gasteiger partial charge in [-0.25, -0.2) is 4.39 Å². The molecule has 1 aliphatic rings. The number of amides is 1. The lowest BCUT2D eigenvalue weighted by Gasteiger charge is -2.36. The third-order valence-electron chi connectivity index (χ3n) is 4.60. The summed E-state index contributed by atoms with van der Waals surface area (Å²) in [5.41, 5.74) is 5.55. The highest BCUT2D eigenvalue weighted by Crippen LogP contribution is 2.32. The minimum absolute atomic E-state index is 0.149. The largest absolute Gasteiger partial charge is 0.381 e. The highest BCUT2D eigenvalue weighted by Gasteiger charge is 2.39. The van der Waals surface area contributed by atoms with Crippen LogP contribution in [-0.4, -0.2) is 25.7 Å². The van der Waals surface area contributed by atoms with Crippen LogP contribution in [0.15, 0.2) is 18.2 Å². The molecule has 0 aromatic heterocycles. The van der Waals surface area contributed by atoms with Gasteiger partial charge in [-0.1, -0.05) is 31.5 Å². The lowest BCUT2D eigenvalue weighted by molar-refractivity contribution is -0.133. The van der Waals surface area contributed by atoms with Crippen LogP contribution in [0.2, 0.25) is 5.02 Å². The van der Waals surface area contributed by atoms with Crippen molar-refractivity contribution >= 4 is 17.5 Å². The van der Waals surface area contributed by atoms with Gasteiger partial charge in [0.15, 0.2) is 0 Å². The van der Waals surface area contributed by atoms with Gasteiger partial charge in [0.2, 0.25) is 5.91 Å². The molecule has 6 heteroatoms. The summed E-state index contributed by atoms with van der Waals surface area (Å²) in [6, 6.07) is 4.46. The Bertz CT molecular complexity index is 560. The minimum atomic E-state index is -0.631. The van der Waals surface area contributed by atoms with Crippen molar-refractivity contribution in [2.24, 2.45) is 17.1 Å². The first-order valence-corrected chi connectivity index (χ1v) is 8.29. The van der Waals surface area contributed by atoms with E-state index in [1.54, 1.807) is 12.1 Å². The average molecular weight is 343 g/mol. The van der Waals surface area contributed by atoms with Crippen LogP contribution in [0.4, 0.5) is 4.39 Å². The van der Waals surface area contributed by atoms with Gasteiger partial charge in [0.25, 0.3) is 0 Å². The maximum atomic E-state index is 14.2. The first kappa shape index (κ1) is 18.2. The van der Waals surface area contributed by atoms with Gasteiger partial charge in [0.05, 0.1) is 5.41 Å². The van der Waals surface area contributed by atoms with Crippen molar-refractivity contribution < 1.29 is 13.9 Å². The van der Waals surface area contributed by atoms with E-state index in [1.165, 1.54) is 6.07 Å². The summed E-state index contributed by atoms with van der Waals surface area (Å²) in [6.07, 6.45) is 1.17. The number of hydrogen-bond acceptors (Lipinski definition) is 3. The molecular weight excluding hydrogens is 319 g/mol. The number of carbonyl (C=O) groups is 1. The monoisotopic (exact) mass is 342 g/mol. The number of ether oxygens (including phenoxy) is 1. The normalized spacial score (nSPS) is 18.8. The van der Waals surface area contributed by atoms with Gasteiger partial charge in [-0.15, -0.1) is 0 Å². The van der Waals surface area contributed by atoms with Crippen molar-refractivity contribution in [3.63, 3.8) is 0 Å². The first-order chi connectivity index (χ1) is 10.9. The van der Waals surface area contributed by atoms with Gasteiger partial charge in [-0.3, -0.25) is 4.79 Å². The Balaban J connectivity index is 2.17. The maximum absolute atomic E-state index is 14.2. The second kappa shape index (κ2) is 7.60. The van der Waals surface area contributed by atoms with E-state index < -0.39 is 5.41 Å². The van der Waals surface area contributed by atoms with Crippen LogP contribution >= 0.6 is 11.6 Å². The summed E-state index contributed by atoms with van der Waals surface area (Å²) >= 11 is 5.83. The number of rotatable bonds is 6. The lowest BCUT2D eigenvalue weighted by atomic mass is 9.79. The van der Waals surface area contributed by atoms with E-state index >= 15 is 0 Å². The zero-order valence-corrected chi connectivity index (χ0v) is 14.3. The Morgan fingerprint density at radius 1 is 1.43 bits per heavy atom. The molecule has 0 aliphatic carbocycles. The van der Waals surface area contributed by atoms with Crippen LogP contribution < -0.4 is 11.1 Å². The van der Waals surface area contributed by atoms with E-state index in [2.05, 4.69) is 5.32 Å². The second-order valence-corrected chi connectivity index (χ2v) is 6.96. The summed E-state index contributed by atoms with van der Waals surface area (Å²) in [6.45, 7) is 5.47. The van der Waals surface area contributed by atoms with Gasteiger partial charge in [0.1, 0.15) is 5.82 Å². The molecule has 1 heterocycles. The van der Waals surface area contributed by atoms with E-state index in [9.17, 15) is 9.18 Å². The van der Waals surface area contributed by atoms with E-state index in [0.29, 0.717) is 43.2 Å². The molecule has 4 nitrogen and oxygen atoms in total. The average Bonchev–Trinajstić information content (AvgIpc) is 2.49. The van der Waals surface area contributed by atoms with Crippen LogP contribution in [0.25, 0.3) is 0 Å². The van der Waals surface area contributed by atoms with Gasteiger partial charge in [-0.05, 0) is 30.9 Å². The topological polar surface area (TPSA) is 64.3 Å². The molecule has 1 saturated heterocycles. The van der Waals surface area contributed by atoms with Gasteiger partial charge in [0, 0.05) is 36.4 Å². The number of halogens is 2. The van der Waals surface area contributed by atoms with Crippen molar-refractivity contribution in [2.75, 3.05) is 19.8 Å². The Kier molecular flexibility index (Phi) is 6.00. The zero-order chi connectivity index (χ0) is 17.0. The Hall–Kier alpha value is -1.17. The van der Waals surface area contributed by atoms with Crippen LogP contribution in [-0.2, 0) is 9.53 Å². The summed E-state index contributed by atoms with van der Waals surface area (Å²) in [7, 11) is 0.